The molecule has 8 heteroatoms. The van der Waals surface area contributed by atoms with Crippen LogP contribution in [0.25, 0.3) is 0 Å². The second kappa shape index (κ2) is 6.06. The highest BCUT2D eigenvalue weighted by atomic mass is 35.5. The first-order valence-electron chi connectivity index (χ1n) is 5.76. The number of rotatable bonds is 3. The third kappa shape index (κ3) is 3.37. The summed E-state index contributed by atoms with van der Waals surface area (Å²) in [6, 6.07) is 6.35. The predicted octanol–water partition coefficient (Wildman–Crippen LogP) is 1.36. The quantitative estimate of drug-likeness (QED) is 0.882. The summed E-state index contributed by atoms with van der Waals surface area (Å²) in [4.78, 5) is 13.4. The summed E-state index contributed by atoms with van der Waals surface area (Å²) in [6.45, 7) is 3.56. The van der Waals surface area contributed by atoms with Crippen LogP contribution in [0.4, 0.5) is 4.39 Å². The third-order valence-electron chi connectivity index (χ3n) is 2.63. The van der Waals surface area contributed by atoms with E-state index in [2.05, 4.69) is 9.98 Å². The highest BCUT2D eigenvalue weighted by molar-refractivity contribution is 5.95. The Balaban J connectivity index is 0.00000200. The van der Waals surface area contributed by atoms with Gasteiger partial charge in [0.25, 0.3) is 0 Å². The lowest BCUT2D eigenvalue weighted by Crippen LogP contribution is -2.53. The summed E-state index contributed by atoms with van der Waals surface area (Å²) in [5, 5.41) is 1.32. The molecule has 6 nitrogen and oxygen atoms in total. The molecule has 0 aliphatic carbocycles. The first kappa shape index (κ1) is 16.2. The van der Waals surface area contributed by atoms with Crippen molar-refractivity contribution in [3.8, 4) is 0 Å². The Hall–Kier alpha value is -1.86. The van der Waals surface area contributed by atoms with Gasteiger partial charge in [-0.15, -0.1) is 12.4 Å². The molecule has 20 heavy (non-hydrogen) atoms. The second-order valence-corrected chi connectivity index (χ2v) is 4.59. The van der Waals surface area contributed by atoms with E-state index in [1.165, 1.54) is 11.1 Å². The van der Waals surface area contributed by atoms with Gasteiger partial charge in [0, 0.05) is 5.56 Å². The minimum absolute atomic E-state index is 0. The number of guanidine groups is 2. The molecule has 1 aliphatic rings. The molecule has 0 spiro atoms. The van der Waals surface area contributed by atoms with E-state index < -0.39 is 5.66 Å². The maximum absolute atomic E-state index is 13.5. The van der Waals surface area contributed by atoms with Gasteiger partial charge >= 0.3 is 0 Å². The van der Waals surface area contributed by atoms with E-state index in [0.717, 1.165) is 0 Å². The number of benzene rings is 1. The first-order valence-corrected chi connectivity index (χ1v) is 5.76. The molecule has 0 saturated heterocycles. The summed E-state index contributed by atoms with van der Waals surface area (Å²) in [5.41, 5.74) is 10.9. The number of halogens is 2. The fraction of sp³-hybridized carbons (Fsp3) is 0.333. The van der Waals surface area contributed by atoms with Crippen molar-refractivity contribution in [1.29, 1.82) is 0 Å². The van der Waals surface area contributed by atoms with E-state index in [9.17, 15) is 4.39 Å². The van der Waals surface area contributed by atoms with Crippen LogP contribution in [0.5, 0.6) is 0 Å². The smallest absolute Gasteiger partial charge is 0.226 e. The van der Waals surface area contributed by atoms with Crippen molar-refractivity contribution in [2.24, 2.45) is 21.5 Å². The van der Waals surface area contributed by atoms with Crippen LogP contribution in [-0.2, 0) is 11.4 Å². The Morgan fingerprint density at radius 2 is 1.95 bits per heavy atom. The highest BCUT2D eigenvalue weighted by Gasteiger charge is 2.33. The molecule has 1 aromatic rings. The number of hydrogen-bond acceptors (Lipinski definition) is 6. The molecule has 0 saturated carbocycles. The van der Waals surface area contributed by atoms with Crippen LogP contribution < -0.4 is 11.5 Å². The number of hydrogen-bond donors (Lipinski definition) is 2. The normalized spacial score (nSPS) is 17.1. The molecule has 1 aromatic carbocycles. The Morgan fingerprint density at radius 3 is 2.55 bits per heavy atom. The van der Waals surface area contributed by atoms with Crippen LogP contribution in [0.1, 0.15) is 19.4 Å². The Bertz CT molecular complexity index is 546. The Kier molecular flexibility index (Phi) is 4.91. The third-order valence-corrected chi connectivity index (χ3v) is 2.63. The monoisotopic (exact) mass is 301 g/mol. The predicted molar refractivity (Wildman–Crippen MR) is 77.6 cm³/mol. The van der Waals surface area contributed by atoms with E-state index >= 15 is 0 Å². The average Bonchev–Trinajstić information content (AvgIpc) is 2.28. The van der Waals surface area contributed by atoms with Crippen molar-refractivity contribution < 1.29 is 9.23 Å². The summed E-state index contributed by atoms with van der Waals surface area (Å²) in [7, 11) is 0. The van der Waals surface area contributed by atoms with Gasteiger partial charge in [0.1, 0.15) is 12.4 Å². The van der Waals surface area contributed by atoms with Gasteiger partial charge in [-0.3, -0.25) is 4.84 Å². The van der Waals surface area contributed by atoms with Gasteiger partial charge in [-0.1, -0.05) is 18.2 Å². The lowest BCUT2D eigenvalue weighted by atomic mass is 10.2. The van der Waals surface area contributed by atoms with Gasteiger partial charge in [0.2, 0.25) is 11.9 Å². The standard InChI is InChI=1S/C12H16FN5O.ClH/c1-12(2)17-10(14)16-11(15)18(12)19-7-8-5-3-4-6-9(8)13;/h3-6H,7H2,1-2H3,(H4,14,15,16,17);1H. The van der Waals surface area contributed by atoms with Gasteiger partial charge in [-0.2, -0.15) is 10.1 Å². The van der Waals surface area contributed by atoms with E-state index in [0.29, 0.717) is 5.56 Å². The fourth-order valence-corrected chi connectivity index (χ4v) is 1.77. The zero-order chi connectivity index (χ0) is 14.0. The SMILES string of the molecule is CC1(C)N=C(N)N=C(N)N1OCc1ccccc1F.Cl. The van der Waals surface area contributed by atoms with Gasteiger partial charge in [-0.25, -0.2) is 9.38 Å². The number of hydroxylamine groups is 2. The molecule has 110 valence electrons. The first-order chi connectivity index (χ1) is 8.90. The molecule has 1 heterocycles. The molecule has 0 atom stereocenters. The van der Waals surface area contributed by atoms with Gasteiger partial charge in [-0.05, 0) is 19.9 Å². The van der Waals surface area contributed by atoms with E-state index in [4.69, 9.17) is 16.3 Å². The van der Waals surface area contributed by atoms with E-state index in [1.807, 2.05) is 0 Å². The molecule has 0 fully saturated rings. The molecule has 2 rings (SSSR count). The molecule has 1 aliphatic heterocycles. The molecule has 4 N–H and O–H groups in total. The minimum atomic E-state index is -0.791. The summed E-state index contributed by atoms with van der Waals surface area (Å²) < 4.78 is 13.5. The van der Waals surface area contributed by atoms with Crippen LogP contribution in [0.3, 0.4) is 0 Å². The van der Waals surface area contributed by atoms with Crippen molar-refractivity contribution in [1.82, 2.24) is 5.06 Å². The van der Waals surface area contributed by atoms with Crippen molar-refractivity contribution in [3.05, 3.63) is 35.6 Å². The maximum atomic E-state index is 13.5. The average molecular weight is 302 g/mol. The van der Waals surface area contributed by atoms with Crippen LogP contribution in [0, 0.1) is 5.82 Å². The van der Waals surface area contributed by atoms with Crippen LogP contribution in [0.2, 0.25) is 0 Å². The molecule has 0 radical (unpaired) electrons. The van der Waals surface area contributed by atoms with E-state index in [-0.39, 0.29) is 36.8 Å². The molecular weight excluding hydrogens is 285 g/mol. The summed E-state index contributed by atoms with van der Waals surface area (Å²) >= 11 is 0. The maximum Gasteiger partial charge on any atom is 0.226 e. The molecule has 0 unspecified atom stereocenters. The Labute approximate surface area is 122 Å². The topological polar surface area (TPSA) is 89.2 Å². The minimum Gasteiger partial charge on any atom is -0.368 e. The highest BCUT2D eigenvalue weighted by Crippen LogP contribution is 2.21. The van der Waals surface area contributed by atoms with Crippen LogP contribution in [0.15, 0.2) is 34.3 Å². The van der Waals surface area contributed by atoms with Crippen molar-refractivity contribution in [2.75, 3.05) is 0 Å². The summed E-state index contributed by atoms with van der Waals surface area (Å²) in [6.07, 6.45) is 0. The number of nitrogens with zero attached hydrogens (tertiary/aromatic N) is 3. The van der Waals surface area contributed by atoms with Crippen molar-refractivity contribution in [2.45, 2.75) is 26.1 Å². The van der Waals surface area contributed by atoms with Crippen molar-refractivity contribution in [3.63, 3.8) is 0 Å². The van der Waals surface area contributed by atoms with Crippen LogP contribution >= 0.6 is 12.4 Å². The van der Waals surface area contributed by atoms with E-state index in [1.54, 1.807) is 32.0 Å². The molecule has 0 amide bonds. The Morgan fingerprint density at radius 1 is 1.30 bits per heavy atom. The number of nitrogens with two attached hydrogens (primary N) is 2. The largest absolute Gasteiger partial charge is 0.368 e. The molecular formula is C12H17ClFN5O. The fourth-order valence-electron chi connectivity index (χ4n) is 1.77. The lowest BCUT2D eigenvalue weighted by molar-refractivity contribution is -0.167. The molecule has 0 bridgehead atoms. The lowest BCUT2D eigenvalue weighted by Gasteiger charge is -2.36. The van der Waals surface area contributed by atoms with Gasteiger partial charge < -0.3 is 11.5 Å². The van der Waals surface area contributed by atoms with Gasteiger partial charge in [0.15, 0.2) is 5.66 Å². The zero-order valence-electron chi connectivity index (χ0n) is 11.2. The molecule has 0 aromatic heterocycles. The second-order valence-electron chi connectivity index (χ2n) is 4.59. The van der Waals surface area contributed by atoms with Gasteiger partial charge in [0.05, 0.1) is 0 Å². The summed E-state index contributed by atoms with van der Waals surface area (Å²) in [5.74, 6) is -0.155. The van der Waals surface area contributed by atoms with Crippen LogP contribution in [-0.4, -0.2) is 22.6 Å². The van der Waals surface area contributed by atoms with Crippen molar-refractivity contribution >= 4 is 24.3 Å². The zero-order valence-corrected chi connectivity index (χ0v) is 12.0. The number of aliphatic imine (C=N–C) groups is 2.